The molecule has 0 aliphatic heterocycles. The van der Waals surface area contributed by atoms with Gasteiger partial charge in [-0.1, -0.05) is 13.8 Å². The highest BCUT2D eigenvalue weighted by Crippen LogP contribution is 2.15. The van der Waals surface area contributed by atoms with E-state index in [0.717, 1.165) is 25.1 Å². The lowest BCUT2D eigenvalue weighted by Gasteiger charge is -2.11. The Morgan fingerprint density at radius 3 is 2.56 bits per heavy atom. The summed E-state index contributed by atoms with van der Waals surface area (Å²) in [7, 11) is 2.00. The summed E-state index contributed by atoms with van der Waals surface area (Å²) in [6.07, 6.45) is 1.95. The highest BCUT2D eigenvalue weighted by molar-refractivity contribution is 5.26. The summed E-state index contributed by atoms with van der Waals surface area (Å²) in [5, 5.41) is 16.8. The fourth-order valence-corrected chi connectivity index (χ4v) is 1.93. The maximum atomic E-state index is 8.99. The highest BCUT2D eigenvalue weighted by Gasteiger charge is 2.13. The van der Waals surface area contributed by atoms with E-state index in [1.165, 1.54) is 11.3 Å². The van der Waals surface area contributed by atoms with Crippen LogP contribution in [0, 0.1) is 0 Å². The topological polar surface area (TPSA) is 50.1 Å². The zero-order valence-electron chi connectivity index (χ0n) is 10.7. The molecule has 16 heavy (non-hydrogen) atoms. The van der Waals surface area contributed by atoms with Crippen LogP contribution in [0.25, 0.3) is 0 Å². The van der Waals surface area contributed by atoms with Crippen LogP contribution in [0.4, 0.5) is 0 Å². The summed E-state index contributed by atoms with van der Waals surface area (Å²) in [6, 6.07) is 0.134. The van der Waals surface area contributed by atoms with Crippen molar-refractivity contribution in [1.29, 1.82) is 0 Å². The third-order valence-corrected chi connectivity index (χ3v) is 2.93. The number of aromatic nitrogens is 2. The molecule has 1 rings (SSSR count). The normalized spacial score (nSPS) is 13.1. The Balaban J connectivity index is 2.83. The van der Waals surface area contributed by atoms with E-state index >= 15 is 0 Å². The van der Waals surface area contributed by atoms with Crippen molar-refractivity contribution >= 4 is 0 Å². The van der Waals surface area contributed by atoms with Gasteiger partial charge >= 0.3 is 0 Å². The number of aryl methyl sites for hydroxylation is 2. The van der Waals surface area contributed by atoms with Crippen LogP contribution in [0.1, 0.15) is 37.7 Å². The summed E-state index contributed by atoms with van der Waals surface area (Å²) >= 11 is 0. The fraction of sp³-hybridized carbons (Fsp3) is 0.750. The number of rotatable bonds is 6. The number of aliphatic hydroxyl groups is 1. The van der Waals surface area contributed by atoms with E-state index < -0.39 is 0 Å². The van der Waals surface area contributed by atoms with Gasteiger partial charge in [0, 0.05) is 30.9 Å². The molecule has 0 unspecified atom stereocenters. The molecule has 1 heterocycles. The van der Waals surface area contributed by atoms with Gasteiger partial charge in [-0.05, 0) is 19.8 Å². The molecule has 0 fully saturated rings. The van der Waals surface area contributed by atoms with Gasteiger partial charge in [0.25, 0.3) is 0 Å². The lowest BCUT2D eigenvalue weighted by atomic mass is 10.1. The molecule has 0 aromatic carbocycles. The first-order valence-electron chi connectivity index (χ1n) is 6.01. The van der Waals surface area contributed by atoms with Crippen LogP contribution in [0.3, 0.4) is 0 Å². The maximum absolute atomic E-state index is 8.99. The molecule has 1 atom stereocenters. The van der Waals surface area contributed by atoms with Crippen molar-refractivity contribution in [2.24, 2.45) is 7.05 Å². The SMILES string of the molecule is CCc1nn(C)c(CC)c1CN[C@H](C)CO. The largest absolute Gasteiger partial charge is 0.395 e. The second kappa shape index (κ2) is 6.01. The number of aliphatic hydroxyl groups excluding tert-OH is 1. The van der Waals surface area contributed by atoms with Crippen molar-refractivity contribution in [3.63, 3.8) is 0 Å². The molecule has 4 heteroatoms. The number of nitrogens with zero attached hydrogens (tertiary/aromatic N) is 2. The van der Waals surface area contributed by atoms with E-state index in [9.17, 15) is 0 Å². The van der Waals surface area contributed by atoms with E-state index in [4.69, 9.17) is 5.11 Å². The second-order valence-corrected chi connectivity index (χ2v) is 4.17. The molecule has 0 radical (unpaired) electrons. The minimum Gasteiger partial charge on any atom is -0.395 e. The molecule has 0 spiro atoms. The van der Waals surface area contributed by atoms with Crippen LogP contribution in [0.5, 0.6) is 0 Å². The lowest BCUT2D eigenvalue weighted by Crippen LogP contribution is -2.29. The van der Waals surface area contributed by atoms with Crippen LogP contribution in [0.2, 0.25) is 0 Å². The minimum absolute atomic E-state index is 0.134. The fourth-order valence-electron chi connectivity index (χ4n) is 1.93. The van der Waals surface area contributed by atoms with Gasteiger partial charge in [0.1, 0.15) is 0 Å². The summed E-state index contributed by atoms with van der Waals surface area (Å²) in [5.41, 5.74) is 3.75. The van der Waals surface area contributed by atoms with Gasteiger partial charge in [-0.25, -0.2) is 0 Å². The predicted molar refractivity (Wildman–Crippen MR) is 65.4 cm³/mol. The molecule has 1 aromatic heterocycles. The van der Waals surface area contributed by atoms with E-state index in [1.54, 1.807) is 0 Å². The van der Waals surface area contributed by atoms with Crippen molar-refractivity contribution < 1.29 is 5.11 Å². The average molecular weight is 225 g/mol. The zero-order chi connectivity index (χ0) is 12.1. The lowest BCUT2D eigenvalue weighted by molar-refractivity contribution is 0.251. The molecule has 1 aromatic rings. The molecule has 0 amide bonds. The molecule has 0 saturated heterocycles. The summed E-state index contributed by atoms with van der Waals surface area (Å²) in [4.78, 5) is 0. The molecule has 92 valence electrons. The van der Waals surface area contributed by atoms with Crippen molar-refractivity contribution in [1.82, 2.24) is 15.1 Å². The molecule has 0 aliphatic carbocycles. The van der Waals surface area contributed by atoms with Crippen molar-refractivity contribution in [2.45, 2.75) is 46.2 Å². The first kappa shape index (κ1) is 13.2. The number of hydrogen-bond donors (Lipinski definition) is 2. The quantitative estimate of drug-likeness (QED) is 0.760. The minimum atomic E-state index is 0.134. The first-order chi connectivity index (χ1) is 7.63. The Morgan fingerprint density at radius 2 is 2.06 bits per heavy atom. The van der Waals surface area contributed by atoms with E-state index in [1.807, 2.05) is 18.7 Å². The van der Waals surface area contributed by atoms with Gasteiger partial charge in [0.05, 0.1) is 12.3 Å². The van der Waals surface area contributed by atoms with Gasteiger partial charge in [-0.3, -0.25) is 4.68 Å². The Morgan fingerprint density at radius 1 is 1.38 bits per heavy atom. The van der Waals surface area contributed by atoms with E-state index in [2.05, 4.69) is 24.3 Å². The monoisotopic (exact) mass is 225 g/mol. The third-order valence-electron chi connectivity index (χ3n) is 2.93. The van der Waals surface area contributed by atoms with Gasteiger partial charge in [-0.2, -0.15) is 5.10 Å². The van der Waals surface area contributed by atoms with Gasteiger partial charge < -0.3 is 10.4 Å². The number of nitrogens with one attached hydrogen (secondary N) is 1. The summed E-state index contributed by atoms with van der Waals surface area (Å²) in [5.74, 6) is 0. The zero-order valence-corrected chi connectivity index (χ0v) is 10.7. The molecule has 0 aliphatic rings. The maximum Gasteiger partial charge on any atom is 0.0669 e. The predicted octanol–water partition coefficient (Wildman–Crippen LogP) is 1.02. The Bertz CT molecular complexity index is 333. The van der Waals surface area contributed by atoms with Gasteiger partial charge in [0.15, 0.2) is 0 Å². The summed E-state index contributed by atoms with van der Waals surface area (Å²) < 4.78 is 1.97. The van der Waals surface area contributed by atoms with Crippen LogP contribution >= 0.6 is 0 Å². The van der Waals surface area contributed by atoms with Crippen molar-refractivity contribution in [2.75, 3.05) is 6.61 Å². The molecule has 0 bridgehead atoms. The number of hydrogen-bond acceptors (Lipinski definition) is 3. The summed E-state index contributed by atoms with van der Waals surface area (Å²) in [6.45, 7) is 7.22. The Labute approximate surface area is 97.7 Å². The molecule has 2 N–H and O–H groups in total. The van der Waals surface area contributed by atoms with Crippen LogP contribution in [-0.4, -0.2) is 27.5 Å². The second-order valence-electron chi connectivity index (χ2n) is 4.17. The standard InChI is InChI=1S/C12H23N3O/c1-5-11-10(7-13-9(3)8-16)12(6-2)15(4)14-11/h9,13,16H,5-8H2,1-4H3/t9-/m1/s1. The first-order valence-corrected chi connectivity index (χ1v) is 6.01. The Kier molecular flexibility index (Phi) is 4.96. The highest BCUT2D eigenvalue weighted by atomic mass is 16.3. The molecular formula is C12H23N3O. The van der Waals surface area contributed by atoms with Crippen molar-refractivity contribution in [3.8, 4) is 0 Å². The van der Waals surface area contributed by atoms with Gasteiger partial charge in [0.2, 0.25) is 0 Å². The smallest absolute Gasteiger partial charge is 0.0669 e. The van der Waals surface area contributed by atoms with Gasteiger partial charge in [-0.15, -0.1) is 0 Å². The van der Waals surface area contributed by atoms with Crippen LogP contribution in [-0.2, 0) is 26.4 Å². The van der Waals surface area contributed by atoms with Crippen molar-refractivity contribution in [3.05, 3.63) is 17.0 Å². The van der Waals surface area contributed by atoms with E-state index in [0.29, 0.717) is 0 Å². The van der Waals surface area contributed by atoms with Crippen LogP contribution in [0.15, 0.2) is 0 Å². The van der Waals surface area contributed by atoms with Crippen LogP contribution < -0.4 is 5.32 Å². The Hall–Kier alpha value is -0.870. The average Bonchev–Trinajstić information content (AvgIpc) is 2.61. The third kappa shape index (κ3) is 2.83. The van der Waals surface area contributed by atoms with E-state index in [-0.39, 0.29) is 12.6 Å². The molecule has 0 saturated carbocycles. The molecular weight excluding hydrogens is 202 g/mol. The molecule has 4 nitrogen and oxygen atoms in total.